The lowest BCUT2D eigenvalue weighted by molar-refractivity contribution is -0.148. The van der Waals surface area contributed by atoms with Crippen molar-refractivity contribution in [1.29, 1.82) is 0 Å². The molecular formula is C21H36O6. The van der Waals surface area contributed by atoms with Crippen LogP contribution in [0.1, 0.15) is 78.6 Å². The van der Waals surface area contributed by atoms with Crippen LogP contribution in [0.25, 0.3) is 0 Å². The number of carbonyl (C=O) groups excluding carboxylic acids is 1. The number of rotatable bonds is 10. The van der Waals surface area contributed by atoms with Crippen molar-refractivity contribution in [3.63, 3.8) is 0 Å². The van der Waals surface area contributed by atoms with Crippen LogP contribution in [0, 0.1) is 17.8 Å². The molecule has 0 spiro atoms. The number of carbonyl (C=O) groups is 3. The van der Waals surface area contributed by atoms with Crippen molar-refractivity contribution < 1.29 is 29.3 Å². The van der Waals surface area contributed by atoms with E-state index < -0.39 is 23.8 Å². The van der Waals surface area contributed by atoms with Gasteiger partial charge in [0.2, 0.25) is 0 Å². The molecule has 1 saturated carbocycles. The predicted octanol–water partition coefficient (Wildman–Crippen LogP) is 4.67. The van der Waals surface area contributed by atoms with Crippen molar-refractivity contribution in [3.05, 3.63) is 12.7 Å². The molecule has 2 N–H and O–H groups in total. The highest BCUT2D eigenvalue weighted by Crippen LogP contribution is 2.29. The summed E-state index contributed by atoms with van der Waals surface area (Å²) in [7, 11) is 0. The Hall–Kier alpha value is -1.85. The Bertz CT molecular complexity index is 451. The number of carboxylic acid groups (broad SMARTS) is 2. The van der Waals surface area contributed by atoms with Gasteiger partial charge in [0.25, 0.3) is 0 Å². The first-order chi connectivity index (χ1) is 12.7. The molecule has 0 aromatic carbocycles. The molecular weight excluding hydrogens is 348 g/mol. The monoisotopic (exact) mass is 384 g/mol. The first-order valence-electron chi connectivity index (χ1n) is 9.99. The van der Waals surface area contributed by atoms with Gasteiger partial charge in [-0.1, -0.05) is 46.6 Å². The second kappa shape index (κ2) is 14.2. The fourth-order valence-electron chi connectivity index (χ4n) is 3.12. The SMILES string of the molecule is C=CC(=O)OC(CC)CCCCC(C)C.O=C(O)C1CCCC(C(=O)O)C1. The Kier molecular flexibility index (Phi) is 13.3. The standard InChI is InChI=1S/C13H24O2.C8H12O4/c1-5-12(15-13(14)6-2)10-8-7-9-11(3)4;9-7(10)5-2-1-3-6(4-5)8(11)12/h6,11-12H,2,5,7-10H2,1,3-4H3;5-6H,1-4H2,(H,9,10)(H,11,12). The number of aliphatic carboxylic acids is 2. The predicted molar refractivity (Wildman–Crippen MR) is 104 cm³/mol. The molecule has 6 nitrogen and oxygen atoms in total. The van der Waals surface area contributed by atoms with E-state index in [0.29, 0.717) is 25.7 Å². The average molecular weight is 385 g/mol. The second-order valence-corrected chi connectivity index (χ2v) is 7.59. The van der Waals surface area contributed by atoms with Crippen molar-refractivity contribution in [2.24, 2.45) is 17.8 Å². The minimum atomic E-state index is -0.860. The van der Waals surface area contributed by atoms with E-state index in [0.717, 1.165) is 25.2 Å². The first kappa shape index (κ1) is 25.1. The van der Waals surface area contributed by atoms with Crippen LogP contribution in [0.4, 0.5) is 0 Å². The topological polar surface area (TPSA) is 101 Å². The van der Waals surface area contributed by atoms with E-state index in [1.165, 1.54) is 18.9 Å². The van der Waals surface area contributed by atoms with Gasteiger partial charge in [0.1, 0.15) is 6.10 Å². The summed E-state index contributed by atoms with van der Waals surface area (Å²) in [5.74, 6) is -2.15. The molecule has 6 heteroatoms. The van der Waals surface area contributed by atoms with Crippen molar-refractivity contribution in [2.45, 2.75) is 84.7 Å². The van der Waals surface area contributed by atoms with Crippen LogP contribution >= 0.6 is 0 Å². The average Bonchev–Trinajstić information content (AvgIpc) is 2.64. The molecule has 0 saturated heterocycles. The third-order valence-corrected chi connectivity index (χ3v) is 4.84. The van der Waals surface area contributed by atoms with E-state index in [-0.39, 0.29) is 12.1 Å². The van der Waals surface area contributed by atoms with Gasteiger partial charge >= 0.3 is 17.9 Å². The van der Waals surface area contributed by atoms with Crippen LogP contribution in [-0.4, -0.2) is 34.2 Å². The molecule has 0 aliphatic heterocycles. The lowest BCUT2D eigenvalue weighted by atomic mass is 9.81. The molecule has 27 heavy (non-hydrogen) atoms. The molecule has 1 rings (SSSR count). The number of hydrogen-bond donors (Lipinski definition) is 2. The quantitative estimate of drug-likeness (QED) is 0.322. The maximum absolute atomic E-state index is 11.0. The van der Waals surface area contributed by atoms with Crippen LogP contribution in [0.2, 0.25) is 0 Å². The van der Waals surface area contributed by atoms with Crippen molar-refractivity contribution in [3.8, 4) is 0 Å². The van der Waals surface area contributed by atoms with Gasteiger partial charge in [-0.05, 0) is 44.4 Å². The van der Waals surface area contributed by atoms with Crippen LogP contribution in [-0.2, 0) is 19.1 Å². The normalized spacial score (nSPS) is 20.1. The minimum Gasteiger partial charge on any atom is -0.481 e. The van der Waals surface area contributed by atoms with Gasteiger partial charge in [-0.3, -0.25) is 9.59 Å². The van der Waals surface area contributed by atoms with Gasteiger partial charge in [-0.15, -0.1) is 0 Å². The molecule has 1 fully saturated rings. The Balaban J connectivity index is 0.000000511. The fraction of sp³-hybridized carbons (Fsp3) is 0.762. The molecule has 3 atom stereocenters. The van der Waals surface area contributed by atoms with Gasteiger partial charge in [0.05, 0.1) is 11.8 Å². The van der Waals surface area contributed by atoms with E-state index in [1.54, 1.807) is 0 Å². The summed E-state index contributed by atoms with van der Waals surface area (Å²) in [6, 6.07) is 0. The van der Waals surface area contributed by atoms with E-state index in [4.69, 9.17) is 14.9 Å². The van der Waals surface area contributed by atoms with Crippen LogP contribution < -0.4 is 0 Å². The Labute approximate surface area is 163 Å². The number of esters is 1. The third kappa shape index (κ3) is 12.2. The molecule has 1 aliphatic rings. The Morgan fingerprint density at radius 3 is 2.00 bits per heavy atom. The van der Waals surface area contributed by atoms with Crippen molar-refractivity contribution >= 4 is 17.9 Å². The van der Waals surface area contributed by atoms with Crippen molar-refractivity contribution in [1.82, 2.24) is 0 Å². The highest BCUT2D eigenvalue weighted by Gasteiger charge is 2.30. The van der Waals surface area contributed by atoms with Gasteiger partial charge in [0.15, 0.2) is 0 Å². The maximum atomic E-state index is 11.0. The largest absolute Gasteiger partial charge is 0.481 e. The summed E-state index contributed by atoms with van der Waals surface area (Å²) >= 11 is 0. The molecule has 0 bridgehead atoms. The molecule has 1 aliphatic carbocycles. The smallest absolute Gasteiger partial charge is 0.330 e. The number of hydrogen-bond acceptors (Lipinski definition) is 4. The summed E-state index contributed by atoms with van der Waals surface area (Å²) in [6.45, 7) is 9.90. The zero-order valence-corrected chi connectivity index (χ0v) is 17.0. The molecule has 156 valence electrons. The van der Waals surface area contributed by atoms with E-state index in [9.17, 15) is 14.4 Å². The zero-order chi connectivity index (χ0) is 20.8. The maximum Gasteiger partial charge on any atom is 0.330 e. The molecule has 3 unspecified atom stereocenters. The Morgan fingerprint density at radius 1 is 1.07 bits per heavy atom. The minimum absolute atomic E-state index is 0.0719. The second-order valence-electron chi connectivity index (χ2n) is 7.59. The van der Waals surface area contributed by atoms with Gasteiger partial charge in [-0.2, -0.15) is 0 Å². The molecule has 0 heterocycles. The zero-order valence-electron chi connectivity index (χ0n) is 17.0. The summed E-state index contributed by atoms with van der Waals surface area (Å²) in [5.41, 5.74) is 0. The molecule has 0 aromatic rings. The molecule has 0 amide bonds. The summed E-state index contributed by atoms with van der Waals surface area (Å²) in [5, 5.41) is 17.3. The van der Waals surface area contributed by atoms with E-state index in [1.807, 2.05) is 6.92 Å². The fourth-order valence-corrected chi connectivity index (χ4v) is 3.12. The van der Waals surface area contributed by atoms with Gasteiger partial charge in [0, 0.05) is 6.08 Å². The van der Waals surface area contributed by atoms with Crippen molar-refractivity contribution in [2.75, 3.05) is 0 Å². The number of carboxylic acids is 2. The number of ether oxygens (including phenoxy) is 1. The molecule has 0 radical (unpaired) electrons. The van der Waals surface area contributed by atoms with Crippen LogP contribution in [0.15, 0.2) is 12.7 Å². The van der Waals surface area contributed by atoms with E-state index in [2.05, 4.69) is 20.4 Å². The highest BCUT2D eigenvalue weighted by molar-refractivity contribution is 5.81. The third-order valence-electron chi connectivity index (χ3n) is 4.84. The van der Waals surface area contributed by atoms with Crippen LogP contribution in [0.3, 0.4) is 0 Å². The number of unbranched alkanes of at least 4 members (excludes halogenated alkanes) is 1. The summed E-state index contributed by atoms with van der Waals surface area (Å²) in [6.07, 6.45) is 9.05. The molecule has 0 aromatic heterocycles. The lowest BCUT2D eigenvalue weighted by Crippen LogP contribution is -2.26. The lowest BCUT2D eigenvalue weighted by Gasteiger charge is -2.23. The van der Waals surface area contributed by atoms with E-state index >= 15 is 0 Å². The summed E-state index contributed by atoms with van der Waals surface area (Å²) in [4.78, 5) is 32.0. The van der Waals surface area contributed by atoms with Gasteiger partial charge < -0.3 is 14.9 Å². The van der Waals surface area contributed by atoms with Gasteiger partial charge in [-0.25, -0.2) is 4.79 Å². The highest BCUT2D eigenvalue weighted by atomic mass is 16.5. The Morgan fingerprint density at radius 2 is 1.59 bits per heavy atom. The van der Waals surface area contributed by atoms with Crippen LogP contribution in [0.5, 0.6) is 0 Å². The first-order valence-corrected chi connectivity index (χ1v) is 9.99. The summed E-state index contributed by atoms with van der Waals surface area (Å²) < 4.78 is 5.20.